The normalized spacial score (nSPS) is 14.9. The Bertz CT molecular complexity index is 548. The van der Waals surface area contributed by atoms with Crippen LogP contribution >= 0.6 is 0 Å². The van der Waals surface area contributed by atoms with Crippen LogP contribution < -0.4 is 5.32 Å². The van der Waals surface area contributed by atoms with Gasteiger partial charge in [-0.3, -0.25) is 0 Å². The largest absolute Gasteiger partial charge is 0.338 e. The van der Waals surface area contributed by atoms with Crippen LogP contribution in [0.2, 0.25) is 0 Å². The lowest BCUT2D eigenvalue weighted by Crippen LogP contribution is -2.54. The van der Waals surface area contributed by atoms with Gasteiger partial charge in [-0.25, -0.2) is 4.79 Å². The van der Waals surface area contributed by atoms with Crippen molar-refractivity contribution in [3.63, 3.8) is 0 Å². The summed E-state index contributed by atoms with van der Waals surface area (Å²) in [4.78, 5) is 15.3. The Morgan fingerprint density at radius 2 is 1.90 bits per heavy atom. The lowest BCUT2D eigenvalue weighted by molar-refractivity contribution is 0.110. The molecular formula is C14H17N5O. The predicted octanol–water partition coefficient (Wildman–Crippen LogP) is 1.09. The number of rotatable bonds is 4. The number of likely N-dealkylation sites (tertiary alicyclic amines) is 1. The molecule has 1 fully saturated rings. The number of carbonyl (C=O) groups excluding carboxylic acids is 1. The first-order valence-electron chi connectivity index (χ1n) is 6.75. The van der Waals surface area contributed by atoms with E-state index in [1.165, 1.54) is 5.56 Å². The summed E-state index contributed by atoms with van der Waals surface area (Å²) in [7, 11) is 0. The van der Waals surface area contributed by atoms with Crippen molar-refractivity contribution >= 4 is 6.03 Å². The minimum Gasteiger partial charge on any atom is -0.338 e. The zero-order valence-electron chi connectivity index (χ0n) is 11.1. The molecule has 1 N–H and O–H groups in total. The fraction of sp³-hybridized carbons (Fsp3) is 0.357. The van der Waals surface area contributed by atoms with Crippen molar-refractivity contribution in [1.82, 2.24) is 25.2 Å². The maximum Gasteiger partial charge on any atom is 0.317 e. The monoisotopic (exact) mass is 271 g/mol. The molecule has 0 atom stereocenters. The fourth-order valence-corrected chi connectivity index (χ4v) is 2.25. The third kappa shape index (κ3) is 2.79. The average Bonchev–Trinajstić information content (AvgIpc) is 2.92. The zero-order valence-corrected chi connectivity index (χ0v) is 11.1. The number of hydrogen-bond acceptors (Lipinski definition) is 3. The van der Waals surface area contributed by atoms with Crippen LogP contribution in [-0.4, -0.2) is 45.6 Å². The molecule has 6 nitrogen and oxygen atoms in total. The van der Waals surface area contributed by atoms with Gasteiger partial charge in [0.2, 0.25) is 0 Å². The van der Waals surface area contributed by atoms with E-state index in [-0.39, 0.29) is 12.1 Å². The molecule has 0 saturated carbocycles. The number of benzene rings is 1. The van der Waals surface area contributed by atoms with E-state index in [2.05, 4.69) is 27.6 Å². The lowest BCUT2D eigenvalue weighted by Gasteiger charge is -2.38. The number of hydrogen-bond donors (Lipinski definition) is 1. The zero-order chi connectivity index (χ0) is 13.8. The van der Waals surface area contributed by atoms with Gasteiger partial charge in [0.15, 0.2) is 0 Å². The van der Waals surface area contributed by atoms with E-state index in [4.69, 9.17) is 0 Å². The van der Waals surface area contributed by atoms with Crippen LogP contribution in [0.1, 0.15) is 11.6 Å². The average molecular weight is 271 g/mol. The Balaban J connectivity index is 1.39. The number of aromatic nitrogens is 3. The molecule has 104 valence electrons. The smallest absolute Gasteiger partial charge is 0.317 e. The molecule has 2 amide bonds. The van der Waals surface area contributed by atoms with E-state index in [1.807, 2.05) is 18.2 Å². The van der Waals surface area contributed by atoms with Crippen LogP contribution in [0.3, 0.4) is 0 Å². The van der Waals surface area contributed by atoms with Gasteiger partial charge in [0.25, 0.3) is 0 Å². The molecule has 2 aromatic rings. The molecular weight excluding hydrogens is 254 g/mol. The van der Waals surface area contributed by atoms with Gasteiger partial charge in [-0.2, -0.15) is 15.0 Å². The summed E-state index contributed by atoms with van der Waals surface area (Å²) in [5, 5.41) is 11.1. The SMILES string of the molecule is O=C(NCCc1ccccc1)N1CC(n2nccn2)C1. The minimum atomic E-state index is -0.00987. The number of urea groups is 1. The van der Waals surface area contributed by atoms with Gasteiger partial charge in [0.1, 0.15) is 6.04 Å². The minimum absolute atomic E-state index is 0.00987. The molecule has 6 heteroatoms. The second-order valence-electron chi connectivity index (χ2n) is 4.88. The second kappa shape index (κ2) is 5.73. The summed E-state index contributed by atoms with van der Waals surface area (Å²) >= 11 is 0. The van der Waals surface area contributed by atoms with Crippen molar-refractivity contribution in [1.29, 1.82) is 0 Å². The third-order valence-corrected chi connectivity index (χ3v) is 3.45. The maximum absolute atomic E-state index is 11.9. The first-order chi connectivity index (χ1) is 9.83. The molecule has 0 aliphatic carbocycles. The molecule has 2 heterocycles. The fourth-order valence-electron chi connectivity index (χ4n) is 2.25. The molecule has 0 bridgehead atoms. The number of nitrogens with zero attached hydrogens (tertiary/aromatic N) is 4. The van der Waals surface area contributed by atoms with E-state index >= 15 is 0 Å². The first kappa shape index (κ1) is 12.7. The van der Waals surface area contributed by atoms with Crippen LogP contribution in [0.4, 0.5) is 4.79 Å². The summed E-state index contributed by atoms with van der Waals surface area (Å²) in [6, 6.07) is 10.3. The van der Waals surface area contributed by atoms with E-state index in [0.29, 0.717) is 19.6 Å². The van der Waals surface area contributed by atoms with Crippen molar-refractivity contribution in [2.45, 2.75) is 12.5 Å². The van der Waals surface area contributed by atoms with E-state index < -0.39 is 0 Å². The van der Waals surface area contributed by atoms with Crippen molar-refractivity contribution < 1.29 is 4.79 Å². The quantitative estimate of drug-likeness (QED) is 0.905. The van der Waals surface area contributed by atoms with Gasteiger partial charge in [-0.1, -0.05) is 30.3 Å². The molecule has 1 aliphatic heterocycles. The molecule has 1 aromatic heterocycles. The Morgan fingerprint density at radius 3 is 2.60 bits per heavy atom. The van der Waals surface area contributed by atoms with Gasteiger partial charge in [0.05, 0.1) is 12.4 Å². The Hall–Kier alpha value is -2.37. The molecule has 1 saturated heterocycles. The highest BCUT2D eigenvalue weighted by Crippen LogP contribution is 2.18. The molecule has 0 spiro atoms. The highest BCUT2D eigenvalue weighted by atomic mass is 16.2. The Morgan fingerprint density at radius 1 is 1.20 bits per heavy atom. The molecule has 1 aromatic carbocycles. The van der Waals surface area contributed by atoms with E-state index in [1.54, 1.807) is 22.1 Å². The van der Waals surface area contributed by atoms with E-state index in [9.17, 15) is 4.79 Å². The van der Waals surface area contributed by atoms with Crippen LogP contribution in [0.5, 0.6) is 0 Å². The van der Waals surface area contributed by atoms with Gasteiger partial charge >= 0.3 is 6.03 Å². The van der Waals surface area contributed by atoms with Crippen molar-refractivity contribution in [2.24, 2.45) is 0 Å². The Labute approximate surface area is 117 Å². The summed E-state index contributed by atoms with van der Waals surface area (Å²) in [6.07, 6.45) is 4.16. The van der Waals surface area contributed by atoms with Crippen LogP contribution in [0.25, 0.3) is 0 Å². The highest BCUT2D eigenvalue weighted by molar-refractivity contribution is 5.75. The van der Waals surface area contributed by atoms with Gasteiger partial charge in [-0.05, 0) is 12.0 Å². The first-order valence-corrected chi connectivity index (χ1v) is 6.75. The van der Waals surface area contributed by atoms with Crippen LogP contribution in [0, 0.1) is 0 Å². The van der Waals surface area contributed by atoms with Crippen molar-refractivity contribution in [3.05, 3.63) is 48.3 Å². The Kier molecular flexibility index (Phi) is 3.62. The van der Waals surface area contributed by atoms with Gasteiger partial charge < -0.3 is 10.2 Å². The van der Waals surface area contributed by atoms with Gasteiger partial charge in [-0.15, -0.1) is 0 Å². The highest BCUT2D eigenvalue weighted by Gasteiger charge is 2.32. The summed E-state index contributed by atoms with van der Waals surface area (Å²) < 4.78 is 0. The standard InChI is InChI=1S/C14H17N5O/c20-14(15-7-6-12-4-2-1-3-5-12)18-10-13(11-18)19-16-8-9-17-19/h1-5,8-9,13H,6-7,10-11H2,(H,15,20). The molecule has 20 heavy (non-hydrogen) atoms. The molecule has 0 radical (unpaired) electrons. The predicted molar refractivity (Wildman–Crippen MR) is 74.2 cm³/mol. The maximum atomic E-state index is 11.9. The number of nitrogens with one attached hydrogen (secondary N) is 1. The number of carbonyl (C=O) groups is 1. The molecule has 1 aliphatic rings. The summed E-state index contributed by atoms with van der Waals surface area (Å²) in [5.41, 5.74) is 1.23. The molecule has 3 rings (SSSR count). The summed E-state index contributed by atoms with van der Waals surface area (Å²) in [6.45, 7) is 2.00. The van der Waals surface area contributed by atoms with Crippen molar-refractivity contribution in [3.8, 4) is 0 Å². The lowest BCUT2D eigenvalue weighted by atomic mass is 10.1. The topological polar surface area (TPSA) is 63.1 Å². The molecule has 0 unspecified atom stereocenters. The van der Waals surface area contributed by atoms with Crippen molar-refractivity contribution in [2.75, 3.05) is 19.6 Å². The second-order valence-corrected chi connectivity index (χ2v) is 4.88. The summed E-state index contributed by atoms with van der Waals surface area (Å²) in [5.74, 6) is 0. The third-order valence-electron chi connectivity index (χ3n) is 3.45. The number of amides is 2. The van der Waals surface area contributed by atoms with Gasteiger partial charge in [0, 0.05) is 19.6 Å². The van der Waals surface area contributed by atoms with Crippen LogP contribution in [-0.2, 0) is 6.42 Å². The van der Waals surface area contributed by atoms with E-state index in [0.717, 1.165) is 6.42 Å². The van der Waals surface area contributed by atoms with Crippen LogP contribution in [0.15, 0.2) is 42.7 Å².